The lowest BCUT2D eigenvalue weighted by molar-refractivity contribution is -0.191. The third kappa shape index (κ3) is 6.23. The van der Waals surface area contributed by atoms with Crippen LogP contribution in [0.25, 0.3) is 0 Å². The van der Waals surface area contributed by atoms with Crippen LogP contribution in [0.3, 0.4) is 0 Å². The van der Waals surface area contributed by atoms with Crippen molar-refractivity contribution in [3.05, 3.63) is 0 Å². The van der Waals surface area contributed by atoms with E-state index in [4.69, 9.17) is 4.74 Å². The summed E-state index contributed by atoms with van der Waals surface area (Å²) in [5, 5.41) is 0. The van der Waals surface area contributed by atoms with Crippen LogP contribution in [0, 0.1) is 16.7 Å². The van der Waals surface area contributed by atoms with Crippen LogP contribution in [-0.4, -0.2) is 12.6 Å². The number of hydrogen-bond acceptors (Lipinski definition) is 2. The van der Waals surface area contributed by atoms with Crippen molar-refractivity contribution in [2.45, 2.75) is 142 Å². The third-order valence-electron chi connectivity index (χ3n) is 8.41. The van der Waals surface area contributed by atoms with E-state index in [1.165, 1.54) is 122 Å². The average molecular weight is 405 g/mol. The van der Waals surface area contributed by atoms with Crippen molar-refractivity contribution in [3.63, 3.8) is 0 Å². The molecule has 0 N–H and O–H groups in total. The molecule has 0 aromatic heterocycles. The predicted molar refractivity (Wildman–Crippen MR) is 122 cm³/mol. The molecule has 3 aliphatic carbocycles. The molecule has 3 saturated carbocycles. The van der Waals surface area contributed by atoms with Crippen LogP contribution in [0.15, 0.2) is 0 Å². The summed E-state index contributed by atoms with van der Waals surface area (Å²) in [5.41, 5.74) is 0.403. The fourth-order valence-corrected chi connectivity index (χ4v) is 6.77. The van der Waals surface area contributed by atoms with E-state index in [0.29, 0.717) is 11.3 Å². The van der Waals surface area contributed by atoms with E-state index >= 15 is 0 Å². The smallest absolute Gasteiger partial charge is 0.312 e. The topological polar surface area (TPSA) is 26.3 Å². The Bertz CT molecular complexity index is 477. The molecule has 29 heavy (non-hydrogen) atoms. The number of carbonyl (C=O) groups is 1. The van der Waals surface area contributed by atoms with Gasteiger partial charge in [0.1, 0.15) is 0 Å². The molecule has 2 heteroatoms. The monoisotopic (exact) mass is 404 g/mol. The van der Waals surface area contributed by atoms with Crippen molar-refractivity contribution in [1.29, 1.82) is 0 Å². The molecule has 0 aromatic rings. The largest absolute Gasteiger partial charge is 0.465 e. The molecule has 1 atom stereocenters. The van der Waals surface area contributed by atoms with Crippen molar-refractivity contribution < 1.29 is 9.53 Å². The van der Waals surface area contributed by atoms with Gasteiger partial charge in [0.05, 0.1) is 12.0 Å². The van der Waals surface area contributed by atoms with E-state index < -0.39 is 0 Å². The van der Waals surface area contributed by atoms with Crippen molar-refractivity contribution in [3.8, 4) is 0 Å². The van der Waals surface area contributed by atoms with Crippen LogP contribution in [0.4, 0.5) is 0 Å². The molecule has 0 aromatic carbocycles. The zero-order valence-corrected chi connectivity index (χ0v) is 19.5. The van der Waals surface area contributed by atoms with E-state index in [1.54, 1.807) is 0 Å². The van der Waals surface area contributed by atoms with Gasteiger partial charge in [-0.1, -0.05) is 116 Å². The Morgan fingerprint density at radius 3 is 1.66 bits per heavy atom. The van der Waals surface area contributed by atoms with Crippen LogP contribution in [0.1, 0.15) is 142 Å². The van der Waals surface area contributed by atoms with Gasteiger partial charge in [0.2, 0.25) is 0 Å². The fourth-order valence-electron chi connectivity index (χ4n) is 6.77. The SMILES string of the molecule is CCCCCCCCCCCCCCCCCCCC1CC23COC(=O)C1(C2)C3. The van der Waals surface area contributed by atoms with Gasteiger partial charge in [0, 0.05) is 5.41 Å². The second kappa shape index (κ2) is 11.8. The number of rotatable bonds is 18. The first kappa shape index (κ1) is 23.1. The van der Waals surface area contributed by atoms with Gasteiger partial charge in [-0.05, 0) is 31.6 Å². The second-order valence-corrected chi connectivity index (χ2v) is 10.9. The molecule has 4 rings (SSSR count). The first-order chi connectivity index (χ1) is 14.2. The van der Waals surface area contributed by atoms with Crippen LogP contribution >= 0.6 is 0 Å². The van der Waals surface area contributed by atoms with Gasteiger partial charge in [0.25, 0.3) is 0 Å². The lowest BCUT2D eigenvalue weighted by Crippen LogP contribution is -2.53. The Hall–Kier alpha value is -0.530. The van der Waals surface area contributed by atoms with Crippen molar-refractivity contribution >= 4 is 5.97 Å². The summed E-state index contributed by atoms with van der Waals surface area (Å²) in [6.45, 7) is 3.02. The maximum Gasteiger partial charge on any atom is 0.312 e. The normalized spacial score (nSPS) is 29.7. The van der Waals surface area contributed by atoms with Crippen LogP contribution in [0.5, 0.6) is 0 Å². The second-order valence-electron chi connectivity index (χ2n) is 10.9. The van der Waals surface area contributed by atoms with E-state index in [0.717, 1.165) is 19.4 Å². The molecular weight excluding hydrogens is 356 g/mol. The Morgan fingerprint density at radius 1 is 0.724 bits per heavy atom. The zero-order chi connectivity index (χ0) is 20.4. The minimum atomic E-state index is -0.0205. The molecule has 4 aliphatic rings. The van der Waals surface area contributed by atoms with Crippen LogP contribution < -0.4 is 0 Å². The van der Waals surface area contributed by atoms with Crippen LogP contribution in [0.2, 0.25) is 0 Å². The first-order valence-electron chi connectivity index (χ1n) is 13.4. The number of fused-ring (bicyclic) bond motifs is 1. The molecule has 4 fully saturated rings. The molecule has 0 radical (unpaired) electrons. The Balaban J connectivity index is 1.05. The first-order valence-corrected chi connectivity index (χ1v) is 13.4. The van der Waals surface area contributed by atoms with Crippen molar-refractivity contribution in [2.75, 3.05) is 6.61 Å². The van der Waals surface area contributed by atoms with Gasteiger partial charge < -0.3 is 4.74 Å². The quantitative estimate of drug-likeness (QED) is 0.169. The highest BCUT2D eigenvalue weighted by Crippen LogP contribution is 2.73. The molecule has 1 saturated heterocycles. The Morgan fingerprint density at radius 2 is 1.17 bits per heavy atom. The van der Waals surface area contributed by atoms with E-state index in [1.807, 2.05) is 0 Å². The fraction of sp³-hybridized carbons (Fsp3) is 0.963. The van der Waals surface area contributed by atoms with E-state index in [2.05, 4.69) is 6.92 Å². The highest BCUT2D eigenvalue weighted by Gasteiger charge is 2.73. The number of unbranched alkanes of at least 4 members (excludes halogenated alkanes) is 16. The third-order valence-corrected chi connectivity index (χ3v) is 8.41. The highest BCUT2D eigenvalue weighted by molar-refractivity contribution is 5.81. The summed E-state index contributed by atoms with van der Waals surface area (Å²) in [6, 6.07) is 0. The van der Waals surface area contributed by atoms with Gasteiger partial charge in [-0.25, -0.2) is 0 Å². The molecule has 168 valence electrons. The maximum atomic E-state index is 12.2. The van der Waals surface area contributed by atoms with Crippen molar-refractivity contribution in [1.82, 2.24) is 0 Å². The summed E-state index contributed by atoms with van der Waals surface area (Å²) in [4.78, 5) is 12.2. The minimum absolute atomic E-state index is 0.0205. The molecular formula is C27H48O2. The lowest BCUT2D eigenvalue weighted by atomic mass is 9.57. The molecule has 0 amide bonds. The van der Waals surface area contributed by atoms with E-state index in [-0.39, 0.29) is 11.4 Å². The lowest BCUT2D eigenvalue weighted by Gasteiger charge is -2.51. The predicted octanol–water partition coefficient (Wildman–Crippen LogP) is 8.37. The molecule has 1 aliphatic heterocycles. The molecule has 1 unspecified atom stereocenters. The van der Waals surface area contributed by atoms with E-state index in [9.17, 15) is 4.79 Å². The molecule has 2 bridgehead atoms. The number of esters is 1. The number of cyclic esters (lactones) is 1. The van der Waals surface area contributed by atoms with Gasteiger partial charge >= 0.3 is 5.97 Å². The van der Waals surface area contributed by atoms with Crippen LogP contribution in [-0.2, 0) is 9.53 Å². The summed E-state index contributed by atoms with van der Waals surface area (Å²) < 4.78 is 5.44. The Labute approximate surface area is 180 Å². The molecule has 1 heterocycles. The standard InChI is InChI=1S/C27H48O2/c1-2-3-4-5-6-7-8-9-10-11-12-13-14-15-16-17-18-19-24-20-26-21-27(24,22-26)25(28)29-23-26/h24H,2-23H2,1H3. The number of ether oxygens (including phenoxy) is 1. The maximum absolute atomic E-state index is 12.2. The summed E-state index contributed by atoms with van der Waals surface area (Å²) in [7, 11) is 0. The average Bonchev–Trinajstić information content (AvgIpc) is 3.14. The summed E-state index contributed by atoms with van der Waals surface area (Å²) in [6.07, 6.45) is 29.2. The minimum Gasteiger partial charge on any atom is -0.465 e. The zero-order valence-electron chi connectivity index (χ0n) is 19.5. The number of hydrogen-bond donors (Lipinski definition) is 0. The molecule has 2 nitrogen and oxygen atoms in total. The van der Waals surface area contributed by atoms with Gasteiger partial charge in [-0.15, -0.1) is 0 Å². The summed E-state index contributed by atoms with van der Waals surface area (Å²) in [5.74, 6) is 0.794. The summed E-state index contributed by atoms with van der Waals surface area (Å²) >= 11 is 0. The Kier molecular flexibility index (Phi) is 9.38. The van der Waals surface area contributed by atoms with Gasteiger partial charge in [0.15, 0.2) is 0 Å². The van der Waals surface area contributed by atoms with Crippen molar-refractivity contribution in [2.24, 2.45) is 16.7 Å². The van der Waals surface area contributed by atoms with Gasteiger partial charge in [-0.3, -0.25) is 4.79 Å². The highest BCUT2D eigenvalue weighted by atomic mass is 16.5. The van der Waals surface area contributed by atoms with Gasteiger partial charge in [-0.2, -0.15) is 0 Å². The number of carbonyl (C=O) groups excluding carboxylic acids is 1. The molecule has 0 spiro atoms.